The van der Waals surface area contributed by atoms with E-state index < -0.39 is 28.0 Å². The van der Waals surface area contributed by atoms with Crippen molar-refractivity contribution in [2.45, 2.75) is 26.7 Å². The van der Waals surface area contributed by atoms with Crippen LogP contribution in [0.25, 0.3) is 0 Å². The van der Waals surface area contributed by atoms with Gasteiger partial charge in [0.1, 0.15) is 0 Å². The Labute approximate surface area is 149 Å². The molecule has 0 aromatic heterocycles. The average molecular weight is 365 g/mol. The van der Waals surface area contributed by atoms with Crippen LogP contribution in [0.3, 0.4) is 0 Å². The highest BCUT2D eigenvalue weighted by atomic mass is 35.5. The molecule has 0 bridgehead atoms. The van der Waals surface area contributed by atoms with Gasteiger partial charge >= 0.3 is 5.97 Å². The Kier molecular flexibility index (Phi) is 5.69. The van der Waals surface area contributed by atoms with Crippen molar-refractivity contribution in [3.05, 3.63) is 51.2 Å². The summed E-state index contributed by atoms with van der Waals surface area (Å²) in [6.45, 7) is 5.09. The number of carbonyl (C=O) groups is 2. The van der Waals surface area contributed by atoms with Crippen molar-refractivity contribution in [2.75, 3.05) is 6.61 Å². The number of allylic oxidation sites excluding steroid dienone is 1. The fraction of sp³-hybridized carbons (Fsp3) is 0.353. The molecule has 0 saturated carbocycles. The van der Waals surface area contributed by atoms with Gasteiger partial charge in [0.05, 0.1) is 23.0 Å². The molecule has 0 saturated heterocycles. The molecule has 0 N–H and O–H groups in total. The zero-order valence-electron chi connectivity index (χ0n) is 14.0. The van der Waals surface area contributed by atoms with Crippen LogP contribution in [-0.2, 0) is 14.3 Å². The first-order chi connectivity index (χ1) is 11.8. The number of esters is 1. The van der Waals surface area contributed by atoms with E-state index in [1.165, 1.54) is 18.2 Å². The van der Waals surface area contributed by atoms with Gasteiger partial charge in [-0.15, -0.1) is 0 Å². The van der Waals surface area contributed by atoms with Crippen LogP contribution >= 0.6 is 11.6 Å². The Morgan fingerprint density at radius 3 is 2.60 bits per heavy atom. The lowest BCUT2D eigenvalue weighted by Crippen LogP contribution is -2.33. The molecule has 7 nitrogen and oxygen atoms in total. The number of aliphatic imine (C=N–C) groups is 1. The molecule has 0 spiro atoms. The van der Waals surface area contributed by atoms with E-state index in [-0.39, 0.29) is 17.9 Å². The summed E-state index contributed by atoms with van der Waals surface area (Å²) in [4.78, 5) is 39.3. The smallest absolute Gasteiger partial charge is 0.336 e. The number of nitrogens with zero attached hydrogens (tertiary/aromatic N) is 2. The van der Waals surface area contributed by atoms with E-state index in [0.29, 0.717) is 17.0 Å². The number of nitro groups is 1. The minimum atomic E-state index is -0.897. The van der Waals surface area contributed by atoms with Gasteiger partial charge in [-0.3, -0.25) is 19.9 Å². The largest absolute Gasteiger partial charge is 0.463 e. The molecule has 0 amide bonds. The molecule has 2 rings (SSSR count). The minimum Gasteiger partial charge on any atom is -0.463 e. The number of hydrogen-bond acceptors (Lipinski definition) is 6. The topological polar surface area (TPSA) is 98.9 Å². The number of rotatable bonds is 5. The van der Waals surface area contributed by atoms with Crippen molar-refractivity contribution in [1.82, 2.24) is 0 Å². The third-order valence-electron chi connectivity index (χ3n) is 4.01. The molecule has 2 unspecified atom stereocenters. The van der Waals surface area contributed by atoms with Gasteiger partial charge in [-0.25, -0.2) is 4.79 Å². The van der Waals surface area contributed by atoms with Gasteiger partial charge < -0.3 is 4.74 Å². The zero-order chi connectivity index (χ0) is 18.7. The summed E-state index contributed by atoms with van der Waals surface area (Å²) in [7, 11) is 0. The zero-order valence-corrected chi connectivity index (χ0v) is 14.7. The Bertz CT molecular complexity index is 800. The van der Waals surface area contributed by atoms with Crippen LogP contribution in [0.5, 0.6) is 0 Å². The fourth-order valence-corrected chi connectivity index (χ4v) is 3.28. The standard InChI is InChI=1S/C17H17ClN2O5/c1-4-25-17(22)14-10(3)19-9(2)13(16(18)21)15(14)11-6-5-7-12(8-11)20(23)24/h5-8,13,15H,4H2,1-3H3. The molecule has 0 radical (unpaired) electrons. The van der Waals surface area contributed by atoms with Crippen molar-refractivity contribution in [3.63, 3.8) is 0 Å². The third-order valence-corrected chi connectivity index (χ3v) is 4.24. The quantitative estimate of drug-likeness (QED) is 0.345. The number of ether oxygens (including phenoxy) is 1. The molecule has 132 valence electrons. The lowest BCUT2D eigenvalue weighted by molar-refractivity contribution is -0.384. The van der Waals surface area contributed by atoms with Crippen LogP contribution in [0.2, 0.25) is 0 Å². The summed E-state index contributed by atoms with van der Waals surface area (Å²) in [6.07, 6.45) is 0. The highest BCUT2D eigenvalue weighted by Gasteiger charge is 2.41. The maximum absolute atomic E-state index is 12.4. The average Bonchev–Trinajstić information content (AvgIpc) is 2.53. The molecule has 1 aliphatic rings. The Morgan fingerprint density at radius 1 is 1.36 bits per heavy atom. The van der Waals surface area contributed by atoms with Gasteiger partial charge in [0.25, 0.3) is 5.69 Å². The molecule has 0 aliphatic carbocycles. The summed E-state index contributed by atoms with van der Waals surface area (Å²) in [6, 6.07) is 5.80. The predicted molar refractivity (Wildman–Crippen MR) is 92.6 cm³/mol. The highest BCUT2D eigenvalue weighted by molar-refractivity contribution is 6.65. The van der Waals surface area contributed by atoms with Gasteiger partial charge in [-0.1, -0.05) is 12.1 Å². The Balaban J connectivity index is 2.67. The molecule has 1 aromatic rings. The lowest BCUT2D eigenvalue weighted by Gasteiger charge is -2.30. The maximum Gasteiger partial charge on any atom is 0.336 e. The minimum absolute atomic E-state index is 0.140. The summed E-state index contributed by atoms with van der Waals surface area (Å²) >= 11 is 5.76. The molecule has 8 heteroatoms. The predicted octanol–water partition coefficient (Wildman–Crippen LogP) is 3.37. The van der Waals surface area contributed by atoms with Gasteiger partial charge in [0.2, 0.25) is 5.24 Å². The summed E-state index contributed by atoms with van der Waals surface area (Å²) in [5.74, 6) is -2.30. The van der Waals surface area contributed by atoms with Crippen molar-refractivity contribution in [1.29, 1.82) is 0 Å². The fourth-order valence-electron chi connectivity index (χ4n) is 3.00. The monoisotopic (exact) mass is 364 g/mol. The van der Waals surface area contributed by atoms with Gasteiger partial charge in [0.15, 0.2) is 0 Å². The van der Waals surface area contributed by atoms with Crippen LogP contribution in [0.4, 0.5) is 5.69 Å². The highest BCUT2D eigenvalue weighted by Crippen LogP contribution is 2.41. The van der Waals surface area contributed by atoms with Gasteiger partial charge in [-0.2, -0.15) is 0 Å². The number of nitro benzene ring substituents is 1. The van der Waals surface area contributed by atoms with E-state index in [0.717, 1.165) is 0 Å². The second kappa shape index (κ2) is 7.57. The number of halogens is 1. The van der Waals surface area contributed by atoms with Crippen LogP contribution in [0.15, 0.2) is 40.5 Å². The second-order valence-electron chi connectivity index (χ2n) is 5.58. The normalized spacial score (nSPS) is 20.1. The molecular formula is C17H17ClN2O5. The number of hydrogen-bond donors (Lipinski definition) is 0. The van der Waals surface area contributed by atoms with Crippen LogP contribution < -0.4 is 0 Å². The van der Waals surface area contributed by atoms with Crippen LogP contribution in [0.1, 0.15) is 32.3 Å². The first-order valence-electron chi connectivity index (χ1n) is 7.64. The molecule has 2 atom stereocenters. The SMILES string of the molecule is CCOC(=O)C1=C(C)N=C(C)C(C(=O)Cl)C1c1cccc([N+](=O)[O-])c1. The van der Waals surface area contributed by atoms with Crippen molar-refractivity contribution in [2.24, 2.45) is 10.9 Å². The number of non-ortho nitro benzene ring substituents is 1. The lowest BCUT2D eigenvalue weighted by atomic mass is 9.76. The molecular weight excluding hydrogens is 348 g/mol. The van der Waals surface area contributed by atoms with Gasteiger partial charge in [0, 0.05) is 29.5 Å². The van der Waals surface area contributed by atoms with Crippen LogP contribution in [-0.4, -0.2) is 28.5 Å². The summed E-state index contributed by atoms with van der Waals surface area (Å²) in [5.41, 5.74) is 1.33. The first-order valence-corrected chi connectivity index (χ1v) is 8.02. The van der Waals surface area contributed by atoms with E-state index in [2.05, 4.69) is 4.99 Å². The van der Waals surface area contributed by atoms with Crippen molar-refractivity contribution < 1.29 is 19.2 Å². The summed E-state index contributed by atoms with van der Waals surface area (Å²) < 4.78 is 5.09. The van der Waals surface area contributed by atoms with Crippen LogP contribution in [0, 0.1) is 16.0 Å². The number of carbonyl (C=O) groups excluding carboxylic acids is 2. The molecule has 1 aliphatic heterocycles. The second-order valence-corrected chi connectivity index (χ2v) is 5.96. The maximum atomic E-state index is 12.4. The molecule has 25 heavy (non-hydrogen) atoms. The Morgan fingerprint density at radius 2 is 2.04 bits per heavy atom. The van der Waals surface area contributed by atoms with E-state index in [9.17, 15) is 19.7 Å². The first kappa shape index (κ1) is 18.8. The number of benzene rings is 1. The third kappa shape index (κ3) is 3.76. The molecule has 0 fully saturated rings. The van der Waals surface area contributed by atoms with E-state index in [1.807, 2.05) is 0 Å². The molecule has 1 heterocycles. The Hall–Kier alpha value is -2.54. The van der Waals surface area contributed by atoms with E-state index >= 15 is 0 Å². The van der Waals surface area contributed by atoms with E-state index in [1.54, 1.807) is 26.8 Å². The van der Waals surface area contributed by atoms with Gasteiger partial charge in [-0.05, 0) is 37.9 Å². The van der Waals surface area contributed by atoms with Crippen molar-refractivity contribution in [3.8, 4) is 0 Å². The van der Waals surface area contributed by atoms with E-state index in [4.69, 9.17) is 16.3 Å². The van der Waals surface area contributed by atoms with Crippen molar-refractivity contribution >= 4 is 34.2 Å². The molecule has 1 aromatic carbocycles. The summed E-state index contributed by atoms with van der Waals surface area (Å²) in [5, 5.41) is 10.4.